The van der Waals surface area contributed by atoms with Gasteiger partial charge in [-0.05, 0) is 28.1 Å². The number of carbonyl (C=O) groups is 1. The molecular weight excluding hydrogens is 455 g/mol. The van der Waals surface area contributed by atoms with Crippen LogP contribution in [0.15, 0.2) is 36.8 Å². The van der Waals surface area contributed by atoms with E-state index in [1.807, 2.05) is 17.0 Å². The Bertz CT molecular complexity index is 1240. The molecule has 0 N–H and O–H groups in total. The minimum atomic E-state index is -0.490. The average molecular weight is 478 g/mol. The number of benzene rings is 1. The van der Waals surface area contributed by atoms with Crippen molar-refractivity contribution < 1.29 is 18.7 Å². The van der Waals surface area contributed by atoms with E-state index in [2.05, 4.69) is 25.4 Å². The molecule has 2 atom stereocenters. The molecule has 0 spiro atoms. The minimum Gasteiger partial charge on any atom is -0.495 e. The van der Waals surface area contributed by atoms with Crippen LogP contribution < -0.4 is 4.74 Å². The van der Waals surface area contributed by atoms with Gasteiger partial charge < -0.3 is 14.4 Å². The van der Waals surface area contributed by atoms with Crippen molar-refractivity contribution >= 4 is 5.91 Å². The summed E-state index contributed by atoms with van der Waals surface area (Å²) in [6.45, 7) is 2.63. The third-order valence-corrected chi connectivity index (χ3v) is 6.38. The van der Waals surface area contributed by atoms with E-state index in [1.54, 1.807) is 12.3 Å². The molecule has 0 radical (unpaired) electrons. The number of fused-ring (bicyclic) bond motifs is 1. The first-order valence-electron chi connectivity index (χ1n) is 11.1. The number of piperazine rings is 1. The molecule has 0 aliphatic carbocycles. The van der Waals surface area contributed by atoms with Crippen LogP contribution in [0.3, 0.4) is 0 Å². The predicted molar refractivity (Wildman–Crippen MR) is 119 cm³/mol. The molecule has 35 heavy (non-hydrogen) atoms. The molecule has 0 bridgehead atoms. The third kappa shape index (κ3) is 4.68. The van der Waals surface area contributed by atoms with Crippen molar-refractivity contribution in [2.45, 2.75) is 18.6 Å². The zero-order valence-corrected chi connectivity index (χ0v) is 19.0. The second kappa shape index (κ2) is 9.73. The summed E-state index contributed by atoms with van der Waals surface area (Å²) in [7, 11) is 1.40. The highest BCUT2D eigenvalue weighted by Gasteiger charge is 2.36. The van der Waals surface area contributed by atoms with E-state index in [0.717, 1.165) is 5.56 Å². The maximum atomic E-state index is 14.7. The van der Waals surface area contributed by atoms with Crippen molar-refractivity contribution in [2.24, 2.45) is 0 Å². The van der Waals surface area contributed by atoms with E-state index in [9.17, 15) is 14.4 Å². The Morgan fingerprint density at radius 3 is 2.91 bits per heavy atom. The Hall–Kier alpha value is -3.95. The van der Waals surface area contributed by atoms with Gasteiger partial charge in [0.2, 0.25) is 5.91 Å². The summed E-state index contributed by atoms with van der Waals surface area (Å²) in [6, 6.07) is 8.40. The molecular formula is C23H23FN8O3. The van der Waals surface area contributed by atoms with Crippen molar-refractivity contribution in [3.8, 4) is 17.6 Å². The number of halogens is 1. The van der Waals surface area contributed by atoms with Gasteiger partial charge in [0.05, 0.1) is 37.8 Å². The highest BCUT2D eigenvalue weighted by atomic mass is 19.1. The van der Waals surface area contributed by atoms with E-state index in [4.69, 9.17) is 9.47 Å². The fourth-order valence-corrected chi connectivity index (χ4v) is 4.48. The quantitative estimate of drug-likeness (QED) is 0.526. The number of hydrogen-bond donors (Lipinski definition) is 0. The van der Waals surface area contributed by atoms with E-state index in [-0.39, 0.29) is 29.7 Å². The van der Waals surface area contributed by atoms with Crippen molar-refractivity contribution in [1.82, 2.24) is 35.0 Å². The van der Waals surface area contributed by atoms with Crippen molar-refractivity contribution in [3.05, 3.63) is 59.3 Å². The number of nitrogens with zero attached hydrogens (tertiary/aromatic N) is 8. The van der Waals surface area contributed by atoms with Crippen LogP contribution >= 0.6 is 0 Å². The molecule has 11 nitrogen and oxygen atoms in total. The highest BCUT2D eigenvalue weighted by Crippen LogP contribution is 2.32. The van der Waals surface area contributed by atoms with Crippen molar-refractivity contribution in [3.63, 3.8) is 0 Å². The topological polar surface area (TPSA) is 122 Å². The van der Waals surface area contributed by atoms with Gasteiger partial charge in [0.15, 0.2) is 5.82 Å². The van der Waals surface area contributed by atoms with Crippen LogP contribution in [0.1, 0.15) is 22.8 Å². The number of nitriles is 1. The number of hydrogen-bond acceptors (Lipinski definition) is 9. The van der Waals surface area contributed by atoms with Crippen molar-refractivity contribution in [1.29, 1.82) is 5.26 Å². The Morgan fingerprint density at radius 1 is 1.31 bits per heavy atom. The second-order valence-electron chi connectivity index (χ2n) is 8.45. The Morgan fingerprint density at radius 2 is 2.20 bits per heavy atom. The normalized spacial score (nSPS) is 20.2. The molecule has 0 unspecified atom stereocenters. The van der Waals surface area contributed by atoms with Gasteiger partial charge in [0.1, 0.15) is 24.0 Å². The zero-order valence-electron chi connectivity index (χ0n) is 19.0. The summed E-state index contributed by atoms with van der Waals surface area (Å²) in [5.41, 5.74) is 1.42. The maximum absolute atomic E-state index is 14.7. The first-order valence-corrected chi connectivity index (χ1v) is 11.1. The van der Waals surface area contributed by atoms with Crippen LogP contribution in [0.2, 0.25) is 0 Å². The summed E-state index contributed by atoms with van der Waals surface area (Å²) in [6.07, 6.45) is 2.86. The van der Waals surface area contributed by atoms with Crippen LogP contribution in [0.5, 0.6) is 5.75 Å². The van der Waals surface area contributed by atoms with Gasteiger partial charge in [0.25, 0.3) is 0 Å². The summed E-state index contributed by atoms with van der Waals surface area (Å²) in [5, 5.41) is 20.3. The van der Waals surface area contributed by atoms with E-state index >= 15 is 0 Å². The van der Waals surface area contributed by atoms with Gasteiger partial charge in [-0.1, -0.05) is 6.07 Å². The number of morpholine rings is 1. The molecule has 180 valence electrons. The monoisotopic (exact) mass is 478 g/mol. The van der Waals surface area contributed by atoms with Crippen LogP contribution in [-0.2, 0) is 16.0 Å². The Balaban J connectivity index is 1.19. The largest absolute Gasteiger partial charge is 0.495 e. The average Bonchev–Trinajstić information content (AvgIpc) is 3.43. The zero-order chi connectivity index (χ0) is 24.4. The lowest BCUT2D eigenvalue weighted by molar-refractivity contribution is -0.139. The molecule has 5 rings (SSSR count). The summed E-state index contributed by atoms with van der Waals surface area (Å²) in [5.74, 6) is 0.333. The van der Waals surface area contributed by atoms with Gasteiger partial charge in [-0.2, -0.15) is 9.94 Å². The molecule has 2 aliphatic heterocycles. The molecule has 4 heterocycles. The standard InChI is InChI=1S/C23H23FN8O3/c1-34-20-8-19(24)18(7-16(20)9-25)21-12-30-4-5-31(11-17(30)13-35-21)23(33)6-15-2-3-22(26-10-15)32-14-27-28-29-32/h2-3,7-8,10,14,17,21H,4-6,11-13H2,1H3/t17-,21-/m0/s1. The summed E-state index contributed by atoms with van der Waals surface area (Å²) >= 11 is 0. The fourth-order valence-electron chi connectivity index (χ4n) is 4.48. The maximum Gasteiger partial charge on any atom is 0.227 e. The van der Waals surface area contributed by atoms with E-state index < -0.39 is 11.9 Å². The molecule has 2 saturated heterocycles. The number of tetrazole rings is 1. The molecule has 3 aromatic rings. The fraction of sp³-hybridized carbons (Fsp3) is 0.391. The number of aromatic nitrogens is 5. The first kappa shape index (κ1) is 22.8. The van der Waals surface area contributed by atoms with Crippen LogP contribution in [0.25, 0.3) is 5.82 Å². The highest BCUT2D eigenvalue weighted by molar-refractivity contribution is 5.79. The molecule has 2 aromatic heterocycles. The smallest absolute Gasteiger partial charge is 0.227 e. The SMILES string of the molecule is COc1cc(F)c([C@@H]2CN3CCN(C(=O)Cc4ccc(-n5cnnn5)nc4)C[C@H]3CO2)cc1C#N. The minimum absolute atomic E-state index is 0.0172. The lowest BCUT2D eigenvalue weighted by Crippen LogP contribution is -2.59. The first-order chi connectivity index (χ1) is 17.1. The third-order valence-electron chi connectivity index (χ3n) is 6.38. The lowest BCUT2D eigenvalue weighted by Gasteiger charge is -2.46. The van der Waals surface area contributed by atoms with Crippen LogP contribution in [0, 0.1) is 17.1 Å². The van der Waals surface area contributed by atoms with E-state index in [1.165, 1.54) is 30.3 Å². The molecule has 0 saturated carbocycles. The van der Waals surface area contributed by atoms with Crippen LogP contribution in [0.4, 0.5) is 4.39 Å². The number of amides is 1. The Labute approximate surface area is 200 Å². The van der Waals surface area contributed by atoms with Gasteiger partial charge in [0, 0.05) is 44.0 Å². The molecule has 1 amide bonds. The number of ether oxygens (including phenoxy) is 2. The second-order valence-corrected chi connectivity index (χ2v) is 8.45. The number of carbonyl (C=O) groups excluding carboxylic acids is 1. The van der Waals surface area contributed by atoms with E-state index in [0.29, 0.717) is 44.2 Å². The predicted octanol–water partition coefficient (Wildman–Crippen LogP) is 0.903. The van der Waals surface area contributed by atoms with Gasteiger partial charge >= 0.3 is 0 Å². The van der Waals surface area contributed by atoms with Gasteiger partial charge in [-0.25, -0.2) is 9.37 Å². The molecule has 2 fully saturated rings. The number of methoxy groups -OCH3 is 1. The van der Waals surface area contributed by atoms with Gasteiger partial charge in [-0.15, -0.1) is 5.10 Å². The van der Waals surface area contributed by atoms with Gasteiger partial charge in [-0.3, -0.25) is 9.69 Å². The molecule has 12 heteroatoms. The Kier molecular flexibility index (Phi) is 6.35. The molecule has 1 aromatic carbocycles. The molecule has 2 aliphatic rings. The summed E-state index contributed by atoms with van der Waals surface area (Å²) in [4.78, 5) is 21.3. The van der Waals surface area contributed by atoms with Crippen LogP contribution in [-0.4, -0.2) is 86.8 Å². The number of rotatable bonds is 5. The lowest BCUT2D eigenvalue weighted by atomic mass is 10.0. The number of pyridine rings is 1. The van der Waals surface area contributed by atoms with Crippen molar-refractivity contribution in [2.75, 3.05) is 39.9 Å². The summed E-state index contributed by atoms with van der Waals surface area (Å²) < 4.78 is 27.2.